The van der Waals surface area contributed by atoms with E-state index in [2.05, 4.69) is 4.98 Å². The van der Waals surface area contributed by atoms with E-state index in [4.69, 9.17) is 23.2 Å². The number of H-pyrrole nitrogens is 1. The number of hydrogen-bond acceptors (Lipinski definition) is 2. The summed E-state index contributed by atoms with van der Waals surface area (Å²) >= 11 is 12.6. The molecule has 3 aromatic carbocycles. The number of aromatic carboxylic acids is 1. The maximum atomic E-state index is 13.6. The molecule has 4 aromatic rings. The van der Waals surface area contributed by atoms with Gasteiger partial charge in [0, 0.05) is 27.1 Å². The van der Waals surface area contributed by atoms with Crippen LogP contribution < -0.4 is 0 Å². The number of Topliss-reactive ketones (excluding diaryl/α,β-unsaturated/α-hetero) is 1. The Hall–Kier alpha value is -3.08. The number of hydrogen-bond donors (Lipinski definition) is 2. The van der Waals surface area contributed by atoms with Crippen molar-refractivity contribution in [3.63, 3.8) is 0 Å². The molecule has 0 bridgehead atoms. The topological polar surface area (TPSA) is 70.2 Å². The highest BCUT2D eigenvalue weighted by molar-refractivity contribution is 6.39. The van der Waals surface area contributed by atoms with Crippen molar-refractivity contribution in [3.05, 3.63) is 105 Å². The van der Waals surface area contributed by atoms with Gasteiger partial charge in [-0.05, 0) is 24.1 Å². The molecule has 6 heteroatoms. The minimum absolute atomic E-state index is 0.0561. The molecule has 0 aliphatic carbocycles. The Kier molecular flexibility index (Phi) is 5.62. The van der Waals surface area contributed by atoms with E-state index < -0.39 is 11.9 Å². The van der Waals surface area contributed by atoms with E-state index >= 15 is 0 Å². The number of fused-ring (bicyclic) bond motifs is 1. The summed E-state index contributed by atoms with van der Waals surface area (Å²) in [5, 5.41) is 11.1. The van der Waals surface area contributed by atoms with Gasteiger partial charge in [0.1, 0.15) is 5.69 Å². The number of aromatic amines is 1. The molecule has 30 heavy (non-hydrogen) atoms. The largest absolute Gasteiger partial charge is 0.477 e. The van der Waals surface area contributed by atoms with Crippen LogP contribution in [0.25, 0.3) is 10.9 Å². The van der Waals surface area contributed by atoms with Gasteiger partial charge in [-0.1, -0.05) is 83.9 Å². The van der Waals surface area contributed by atoms with Crippen LogP contribution in [0.3, 0.4) is 0 Å². The lowest BCUT2D eigenvalue weighted by Gasteiger charge is -2.18. The minimum atomic E-state index is -1.16. The first-order valence-corrected chi connectivity index (χ1v) is 10.1. The maximum Gasteiger partial charge on any atom is 0.352 e. The van der Waals surface area contributed by atoms with E-state index in [9.17, 15) is 14.7 Å². The van der Waals surface area contributed by atoms with E-state index in [0.29, 0.717) is 38.5 Å². The van der Waals surface area contributed by atoms with E-state index in [1.807, 2.05) is 36.4 Å². The van der Waals surface area contributed by atoms with Gasteiger partial charge in [0.05, 0.1) is 10.9 Å². The molecule has 0 amide bonds. The number of aromatic nitrogens is 1. The molecule has 1 heterocycles. The number of rotatable bonds is 6. The lowest BCUT2D eigenvalue weighted by Crippen LogP contribution is -2.18. The lowest BCUT2D eigenvalue weighted by atomic mass is 9.84. The van der Waals surface area contributed by atoms with Crippen LogP contribution in [-0.2, 0) is 6.42 Å². The van der Waals surface area contributed by atoms with E-state index in [0.717, 1.165) is 5.56 Å². The third-order valence-corrected chi connectivity index (χ3v) is 5.59. The lowest BCUT2D eigenvalue weighted by molar-refractivity contribution is 0.0690. The average Bonchev–Trinajstić information content (AvgIpc) is 3.12. The van der Waals surface area contributed by atoms with Crippen LogP contribution in [0.2, 0.25) is 10.0 Å². The molecule has 0 saturated carbocycles. The van der Waals surface area contributed by atoms with Gasteiger partial charge in [0.25, 0.3) is 0 Å². The third kappa shape index (κ3) is 3.84. The first-order chi connectivity index (χ1) is 14.5. The molecule has 0 radical (unpaired) electrons. The fraction of sp³-hybridized carbons (Fsp3) is 0.0833. The van der Waals surface area contributed by atoms with Crippen molar-refractivity contribution in [2.45, 2.75) is 12.3 Å². The number of carbonyl (C=O) groups is 2. The van der Waals surface area contributed by atoms with Crippen molar-refractivity contribution in [1.29, 1.82) is 0 Å². The number of carbonyl (C=O) groups excluding carboxylic acids is 1. The maximum absolute atomic E-state index is 13.6. The predicted molar refractivity (Wildman–Crippen MR) is 119 cm³/mol. The Morgan fingerprint density at radius 2 is 1.57 bits per heavy atom. The Labute approximate surface area is 183 Å². The molecule has 1 unspecified atom stereocenters. The monoisotopic (exact) mass is 437 g/mol. The van der Waals surface area contributed by atoms with Crippen molar-refractivity contribution in [3.8, 4) is 0 Å². The van der Waals surface area contributed by atoms with E-state index in [1.54, 1.807) is 36.4 Å². The zero-order chi connectivity index (χ0) is 21.3. The summed E-state index contributed by atoms with van der Waals surface area (Å²) in [6.07, 6.45) is 0.334. The average molecular weight is 438 g/mol. The summed E-state index contributed by atoms with van der Waals surface area (Å²) in [7, 11) is 0. The van der Waals surface area contributed by atoms with Crippen LogP contribution in [0.5, 0.6) is 0 Å². The van der Waals surface area contributed by atoms with E-state index in [-0.39, 0.29) is 11.5 Å². The molecule has 4 rings (SSSR count). The Morgan fingerprint density at radius 1 is 0.933 bits per heavy atom. The zero-order valence-electron chi connectivity index (χ0n) is 15.7. The molecule has 0 saturated heterocycles. The molecule has 1 aromatic heterocycles. The fourth-order valence-electron chi connectivity index (χ4n) is 3.77. The smallest absolute Gasteiger partial charge is 0.352 e. The number of ketones is 1. The summed E-state index contributed by atoms with van der Waals surface area (Å²) in [5.41, 5.74) is 2.23. The van der Waals surface area contributed by atoms with Gasteiger partial charge < -0.3 is 10.1 Å². The molecule has 0 spiro atoms. The summed E-state index contributed by atoms with van der Waals surface area (Å²) in [4.78, 5) is 28.6. The van der Waals surface area contributed by atoms with Crippen LogP contribution in [0.4, 0.5) is 0 Å². The molecule has 0 fully saturated rings. The molecule has 150 valence electrons. The van der Waals surface area contributed by atoms with E-state index in [1.165, 1.54) is 0 Å². The predicted octanol–water partition coefficient (Wildman–Crippen LogP) is 6.38. The minimum Gasteiger partial charge on any atom is -0.477 e. The van der Waals surface area contributed by atoms with Crippen LogP contribution >= 0.6 is 23.2 Å². The molecule has 0 aliphatic rings. The molecule has 0 aliphatic heterocycles. The first-order valence-electron chi connectivity index (χ1n) is 9.33. The SMILES string of the molecule is O=C(O)c1[nH]c2cc(Cl)cc(Cl)c2c1C(Cc1ccccc1)C(=O)c1ccccc1. The quantitative estimate of drug-likeness (QED) is 0.343. The zero-order valence-corrected chi connectivity index (χ0v) is 17.2. The highest BCUT2D eigenvalue weighted by Crippen LogP contribution is 2.39. The van der Waals surface area contributed by atoms with Gasteiger partial charge >= 0.3 is 5.97 Å². The Morgan fingerprint density at radius 3 is 2.20 bits per heavy atom. The second-order valence-electron chi connectivity index (χ2n) is 7.00. The van der Waals surface area contributed by atoms with Crippen LogP contribution in [0.15, 0.2) is 72.8 Å². The van der Waals surface area contributed by atoms with Crippen molar-refractivity contribution in [2.24, 2.45) is 0 Å². The van der Waals surface area contributed by atoms with Gasteiger partial charge in [-0.2, -0.15) is 0 Å². The second-order valence-corrected chi connectivity index (χ2v) is 7.85. The van der Waals surface area contributed by atoms with Crippen molar-refractivity contribution < 1.29 is 14.7 Å². The fourth-order valence-corrected chi connectivity index (χ4v) is 4.36. The summed E-state index contributed by atoms with van der Waals surface area (Å²) in [6, 6.07) is 21.5. The highest BCUT2D eigenvalue weighted by Gasteiger charge is 2.31. The highest BCUT2D eigenvalue weighted by atomic mass is 35.5. The number of carboxylic acids is 1. The number of halogens is 2. The standard InChI is InChI=1S/C24H17Cl2NO3/c25-16-12-18(26)21-19(13-16)27-22(24(29)30)20(21)17(11-14-7-3-1-4-8-14)23(28)15-9-5-2-6-10-15/h1-10,12-13,17,27H,11H2,(H,29,30). The van der Waals surface area contributed by atoms with Gasteiger partial charge in [-0.3, -0.25) is 4.79 Å². The van der Waals surface area contributed by atoms with Crippen LogP contribution in [-0.4, -0.2) is 21.8 Å². The van der Waals surface area contributed by atoms with Crippen LogP contribution in [0, 0.1) is 0 Å². The van der Waals surface area contributed by atoms with Gasteiger partial charge in [0.2, 0.25) is 0 Å². The number of carboxylic acid groups (broad SMARTS) is 1. The van der Waals surface area contributed by atoms with Crippen molar-refractivity contribution in [1.82, 2.24) is 4.98 Å². The number of benzene rings is 3. The second kappa shape index (κ2) is 8.34. The molecule has 4 nitrogen and oxygen atoms in total. The van der Waals surface area contributed by atoms with Crippen molar-refractivity contribution >= 4 is 45.9 Å². The molecule has 2 N–H and O–H groups in total. The van der Waals surface area contributed by atoms with Crippen LogP contribution in [0.1, 0.15) is 37.9 Å². The Balaban J connectivity index is 1.97. The van der Waals surface area contributed by atoms with Gasteiger partial charge in [-0.15, -0.1) is 0 Å². The number of nitrogens with one attached hydrogen (secondary N) is 1. The van der Waals surface area contributed by atoms with Crippen molar-refractivity contribution in [2.75, 3.05) is 0 Å². The summed E-state index contributed by atoms with van der Waals surface area (Å²) in [6.45, 7) is 0. The third-order valence-electron chi connectivity index (χ3n) is 5.07. The molecule has 1 atom stereocenters. The van der Waals surface area contributed by atoms with Gasteiger partial charge in [0.15, 0.2) is 5.78 Å². The first kappa shape index (κ1) is 20.2. The normalized spacial score (nSPS) is 12.1. The summed E-state index contributed by atoms with van der Waals surface area (Å²) in [5.74, 6) is -2.07. The van der Waals surface area contributed by atoms with Gasteiger partial charge in [-0.25, -0.2) is 4.79 Å². The summed E-state index contributed by atoms with van der Waals surface area (Å²) < 4.78 is 0. The molecular formula is C24H17Cl2NO3. The Bertz CT molecular complexity index is 1230. The molecular weight excluding hydrogens is 421 g/mol.